The molecule has 5 nitrogen and oxygen atoms in total. The van der Waals surface area contributed by atoms with Crippen molar-refractivity contribution in [2.75, 3.05) is 11.5 Å². The highest BCUT2D eigenvalue weighted by Crippen LogP contribution is 2.40. The molecule has 164 valence electrons. The van der Waals surface area contributed by atoms with Crippen LogP contribution in [0.4, 0.5) is 5.69 Å². The first-order chi connectivity index (χ1) is 15.7. The number of aliphatic hydroxyl groups excluding tert-OH is 1. The molecule has 0 fully saturated rings. The van der Waals surface area contributed by atoms with E-state index in [1.165, 1.54) is 0 Å². The maximum Gasteiger partial charge on any atom is 0.337 e. The molecule has 0 spiro atoms. The van der Waals surface area contributed by atoms with E-state index in [9.17, 15) is 9.59 Å². The number of rotatable bonds is 8. The standard InChI is InChI=1S/C27H27NO4/c29-18-25(28(21-11-5-2-6-12-21)17-20-9-3-1-4-10-20)23-14-7-15-24-22(23)13-8-16-26(24)32-27(31)19-30/h1-6,8-13,16,18,23,25,30H,7,14-15,17,19H2. The molecule has 1 N–H and O–H groups in total. The summed E-state index contributed by atoms with van der Waals surface area (Å²) in [7, 11) is 0. The molecule has 0 saturated carbocycles. The molecule has 0 amide bonds. The number of benzene rings is 3. The normalized spacial score (nSPS) is 16.0. The average Bonchev–Trinajstić information content (AvgIpc) is 2.85. The molecule has 0 aliphatic heterocycles. The lowest BCUT2D eigenvalue weighted by Gasteiger charge is -2.38. The van der Waals surface area contributed by atoms with E-state index in [1.807, 2.05) is 60.7 Å². The maximum atomic E-state index is 12.6. The van der Waals surface area contributed by atoms with Gasteiger partial charge in [0.15, 0.2) is 0 Å². The van der Waals surface area contributed by atoms with Crippen LogP contribution in [0.1, 0.15) is 35.4 Å². The van der Waals surface area contributed by atoms with Crippen molar-refractivity contribution in [3.63, 3.8) is 0 Å². The number of anilines is 1. The molecule has 0 bridgehead atoms. The van der Waals surface area contributed by atoms with Crippen LogP contribution in [0.2, 0.25) is 0 Å². The average molecular weight is 430 g/mol. The number of fused-ring (bicyclic) bond motifs is 1. The van der Waals surface area contributed by atoms with Crippen molar-refractivity contribution >= 4 is 17.9 Å². The van der Waals surface area contributed by atoms with E-state index in [4.69, 9.17) is 9.84 Å². The highest BCUT2D eigenvalue weighted by molar-refractivity contribution is 5.74. The Morgan fingerprint density at radius 3 is 2.44 bits per heavy atom. The molecule has 0 saturated heterocycles. The zero-order chi connectivity index (χ0) is 22.3. The van der Waals surface area contributed by atoms with E-state index in [0.717, 1.165) is 47.9 Å². The van der Waals surface area contributed by atoms with Gasteiger partial charge in [-0.2, -0.15) is 0 Å². The fraction of sp³-hybridized carbons (Fsp3) is 0.259. The summed E-state index contributed by atoms with van der Waals surface area (Å²) in [4.78, 5) is 26.4. The predicted molar refractivity (Wildman–Crippen MR) is 124 cm³/mol. The van der Waals surface area contributed by atoms with E-state index < -0.39 is 12.6 Å². The third-order valence-corrected chi connectivity index (χ3v) is 6.06. The number of esters is 1. The number of carbonyl (C=O) groups is 2. The maximum absolute atomic E-state index is 12.6. The summed E-state index contributed by atoms with van der Waals surface area (Å²) in [5, 5.41) is 9.09. The molecule has 5 heteroatoms. The molecule has 4 rings (SSSR count). The summed E-state index contributed by atoms with van der Waals surface area (Å²) >= 11 is 0. The van der Waals surface area contributed by atoms with Crippen molar-refractivity contribution in [3.05, 3.63) is 95.6 Å². The first kappa shape index (κ1) is 21.8. The van der Waals surface area contributed by atoms with Gasteiger partial charge in [0.25, 0.3) is 0 Å². The van der Waals surface area contributed by atoms with Gasteiger partial charge >= 0.3 is 5.97 Å². The molecular weight excluding hydrogens is 402 g/mol. The first-order valence-electron chi connectivity index (χ1n) is 11.0. The van der Waals surface area contributed by atoms with Crippen LogP contribution in [0.25, 0.3) is 0 Å². The minimum Gasteiger partial charge on any atom is -0.425 e. The van der Waals surface area contributed by atoms with Gasteiger partial charge < -0.3 is 19.5 Å². The number of nitrogens with zero attached hydrogens (tertiary/aromatic N) is 1. The number of aliphatic hydroxyl groups is 1. The van der Waals surface area contributed by atoms with Crippen LogP contribution in [0.5, 0.6) is 5.75 Å². The van der Waals surface area contributed by atoms with Crippen LogP contribution in [-0.2, 0) is 22.6 Å². The molecular formula is C27H27NO4. The van der Waals surface area contributed by atoms with Crippen LogP contribution < -0.4 is 9.64 Å². The third kappa shape index (κ3) is 4.73. The largest absolute Gasteiger partial charge is 0.425 e. The summed E-state index contributed by atoms with van der Waals surface area (Å²) in [5.41, 5.74) is 4.10. The van der Waals surface area contributed by atoms with Crippen molar-refractivity contribution in [1.29, 1.82) is 0 Å². The second kappa shape index (κ2) is 10.2. The summed E-state index contributed by atoms with van der Waals surface area (Å²) in [6.45, 7) is -0.0534. The van der Waals surface area contributed by atoms with Crippen LogP contribution in [-0.4, -0.2) is 30.0 Å². The van der Waals surface area contributed by atoms with Gasteiger partial charge in [-0.3, -0.25) is 0 Å². The fourth-order valence-electron chi connectivity index (χ4n) is 4.61. The van der Waals surface area contributed by atoms with E-state index in [-0.39, 0.29) is 12.0 Å². The van der Waals surface area contributed by atoms with Crippen LogP contribution in [0.15, 0.2) is 78.9 Å². The molecule has 0 heterocycles. The number of para-hydroxylation sites is 1. The summed E-state index contributed by atoms with van der Waals surface area (Å²) in [5.74, 6) is -0.236. The minimum atomic E-state index is -0.678. The second-order valence-corrected chi connectivity index (χ2v) is 8.03. The van der Waals surface area contributed by atoms with E-state index in [1.54, 1.807) is 6.07 Å². The molecule has 0 radical (unpaired) electrons. The van der Waals surface area contributed by atoms with Crippen molar-refractivity contribution in [2.45, 2.75) is 37.8 Å². The van der Waals surface area contributed by atoms with E-state index in [0.29, 0.717) is 12.3 Å². The molecule has 3 aromatic carbocycles. The molecule has 0 aromatic heterocycles. The Labute approximate surface area is 188 Å². The number of carbonyl (C=O) groups excluding carboxylic acids is 2. The zero-order valence-electron chi connectivity index (χ0n) is 17.9. The van der Waals surface area contributed by atoms with Crippen LogP contribution >= 0.6 is 0 Å². The van der Waals surface area contributed by atoms with Crippen molar-refractivity contribution < 1.29 is 19.4 Å². The molecule has 1 aliphatic rings. The van der Waals surface area contributed by atoms with E-state index in [2.05, 4.69) is 17.0 Å². The third-order valence-electron chi connectivity index (χ3n) is 6.06. The molecule has 32 heavy (non-hydrogen) atoms. The topological polar surface area (TPSA) is 66.8 Å². The first-order valence-corrected chi connectivity index (χ1v) is 11.0. The fourth-order valence-corrected chi connectivity index (χ4v) is 4.61. The van der Waals surface area contributed by atoms with Gasteiger partial charge in [-0.15, -0.1) is 0 Å². The second-order valence-electron chi connectivity index (χ2n) is 8.03. The Bertz CT molecular complexity index is 1050. The Morgan fingerprint density at radius 1 is 1.03 bits per heavy atom. The van der Waals surface area contributed by atoms with Gasteiger partial charge in [0.1, 0.15) is 18.6 Å². The zero-order valence-corrected chi connectivity index (χ0v) is 17.9. The quantitative estimate of drug-likeness (QED) is 0.329. The summed E-state index contributed by atoms with van der Waals surface area (Å²) in [6, 6.07) is 25.4. The van der Waals surface area contributed by atoms with Gasteiger partial charge in [0, 0.05) is 18.2 Å². The smallest absolute Gasteiger partial charge is 0.337 e. The van der Waals surface area contributed by atoms with E-state index >= 15 is 0 Å². The lowest BCUT2D eigenvalue weighted by molar-refractivity contribution is -0.137. The Balaban J connectivity index is 1.72. The molecule has 2 atom stereocenters. The highest BCUT2D eigenvalue weighted by atomic mass is 16.5. The number of ether oxygens (including phenoxy) is 1. The summed E-state index contributed by atoms with van der Waals surface area (Å²) < 4.78 is 5.37. The minimum absolute atomic E-state index is 0.0343. The van der Waals surface area contributed by atoms with Gasteiger partial charge in [0.2, 0.25) is 0 Å². The van der Waals surface area contributed by atoms with Gasteiger partial charge in [-0.1, -0.05) is 60.7 Å². The SMILES string of the molecule is O=CC(C1CCCc2c(OC(=O)CO)cccc21)N(Cc1ccccc1)c1ccccc1. The Morgan fingerprint density at radius 2 is 1.75 bits per heavy atom. The Kier molecular flexibility index (Phi) is 6.97. The number of hydrogen-bond acceptors (Lipinski definition) is 5. The lowest BCUT2D eigenvalue weighted by atomic mass is 9.78. The molecule has 1 aliphatic carbocycles. The Hall–Kier alpha value is -3.44. The van der Waals surface area contributed by atoms with Crippen molar-refractivity contribution in [1.82, 2.24) is 0 Å². The molecule has 3 aromatic rings. The number of aldehydes is 1. The van der Waals surface area contributed by atoms with Gasteiger partial charge in [-0.25, -0.2) is 4.79 Å². The monoisotopic (exact) mass is 429 g/mol. The van der Waals surface area contributed by atoms with Crippen LogP contribution in [0, 0.1) is 0 Å². The van der Waals surface area contributed by atoms with Crippen molar-refractivity contribution in [3.8, 4) is 5.75 Å². The van der Waals surface area contributed by atoms with Gasteiger partial charge in [-0.05, 0) is 54.2 Å². The van der Waals surface area contributed by atoms with Crippen molar-refractivity contribution in [2.24, 2.45) is 0 Å². The predicted octanol–water partition coefficient (Wildman–Crippen LogP) is 4.28. The van der Waals surface area contributed by atoms with Gasteiger partial charge in [0.05, 0.1) is 6.04 Å². The summed E-state index contributed by atoms with van der Waals surface area (Å²) in [6.07, 6.45) is 3.58. The molecule has 2 unspecified atom stereocenters. The highest BCUT2D eigenvalue weighted by Gasteiger charge is 2.33. The number of hydrogen-bond donors (Lipinski definition) is 1. The lowest BCUT2D eigenvalue weighted by Crippen LogP contribution is -2.42. The van der Waals surface area contributed by atoms with Crippen LogP contribution in [0.3, 0.4) is 0 Å².